The number of hydrogen-bond donors (Lipinski definition) is 1. The van der Waals surface area contributed by atoms with Crippen molar-refractivity contribution < 1.29 is 4.79 Å². The number of benzene rings is 1. The third-order valence-electron chi connectivity index (χ3n) is 4.54. The molecule has 1 amide bonds. The molecule has 0 radical (unpaired) electrons. The summed E-state index contributed by atoms with van der Waals surface area (Å²) < 4.78 is 0. The predicted octanol–water partition coefficient (Wildman–Crippen LogP) is 3.79. The molecule has 1 aromatic carbocycles. The van der Waals surface area contributed by atoms with Gasteiger partial charge in [0.05, 0.1) is 6.04 Å². The molecule has 1 saturated carbocycles. The second-order valence-electron chi connectivity index (χ2n) is 6.14. The quantitative estimate of drug-likeness (QED) is 0.911. The fraction of sp³-hybridized carbons (Fsp3) is 0.368. The summed E-state index contributed by atoms with van der Waals surface area (Å²) in [5, 5.41) is 3.22. The van der Waals surface area contributed by atoms with Crippen molar-refractivity contribution in [2.75, 3.05) is 0 Å². The molecule has 0 bridgehead atoms. The highest BCUT2D eigenvalue weighted by molar-refractivity contribution is 5.77. The van der Waals surface area contributed by atoms with E-state index in [1.165, 1.54) is 24.8 Å². The summed E-state index contributed by atoms with van der Waals surface area (Å²) in [7, 11) is 0. The first-order chi connectivity index (χ1) is 10.7. The number of aromatic nitrogens is 1. The van der Waals surface area contributed by atoms with Crippen LogP contribution >= 0.6 is 0 Å². The highest BCUT2D eigenvalue weighted by atomic mass is 16.1. The van der Waals surface area contributed by atoms with E-state index in [2.05, 4.69) is 29.4 Å². The molecule has 0 saturated heterocycles. The van der Waals surface area contributed by atoms with Gasteiger partial charge in [0.1, 0.15) is 0 Å². The molecule has 1 aromatic heterocycles. The molecular weight excluding hydrogens is 272 g/mol. The molecule has 1 atom stereocenters. The number of nitrogens with zero attached hydrogens (tertiary/aromatic N) is 1. The van der Waals surface area contributed by atoms with Gasteiger partial charge >= 0.3 is 0 Å². The third-order valence-corrected chi connectivity index (χ3v) is 4.54. The normalized spacial score (nSPS) is 15.9. The van der Waals surface area contributed by atoms with Crippen molar-refractivity contribution in [3.05, 3.63) is 65.5 Å². The van der Waals surface area contributed by atoms with Crippen molar-refractivity contribution >= 4 is 5.91 Å². The fourth-order valence-corrected chi connectivity index (χ4v) is 2.99. The van der Waals surface area contributed by atoms with Gasteiger partial charge < -0.3 is 5.32 Å². The minimum Gasteiger partial charge on any atom is -0.345 e. The number of amides is 1. The molecule has 0 unspecified atom stereocenters. The largest absolute Gasteiger partial charge is 0.345 e. The average Bonchev–Trinajstić information content (AvgIpc) is 2.50. The lowest BCUT2D eigenvalue weighted by atomic mass is 9.82. The van der Waals surface area contributed by atoms with E-state index in [1.54, 1.807) is 12.4 Å². The van der Waals surface area contributed by atoms with Gasteiger partial charge in [0.15, 0.2) is 0 Å². The molecule has 1 fully saturated rings. The van der Waals surface area contributed by atoms with Crippen LogP contribution in [-0.4, -0.2) is 10.9 Å². The lowest BCUT2D eigenvalue weighted by molar-refractivity contribution is -0.123. The van der Waals surface area contributed by atoms with Crippen molar-refractivity contribution in [3.63, 3.8) is 0 Å². The van der Waals surface area contributed by atoms with Crippen molar-refractivity contribution in [2.45, 2.75) is 38.6 Å². The summed E-state index contributed by atoms with van der Waals surface area (Å²) in [5.74, 6) is 0.727. The van der Waals surface area contributed by atoms with E-state index in [9.17, 15) is 4.79 Å². The summed E-state index contributed by atoms with van der Waals surface area (Å²) in [6, 6.07) is 12.1. The summed E-state index contributed by atoms with van der Waals surface area (Å²) in [6.07, 6.45) is 7.85. The smallest absolute Gasteiger partial charge is 0.221 e. The van der Waals surface area contributed by atoms with Gasteiger partial charge in [-0.3, -0.25) is 9.78 Å². The Hall–Kier alpha value is -2.16. The molecule has 2 aromatic rings. The van der Waals surface area contributed by atoms with E-state index in [0.29, 0.717) is 12.3 Å². The van der Waals surface area contributed by atoms with Gasteiger partial charge in [0, 0.05) is 18.8 Å². The van der Waals surface area contributed by atoms with Crippen LogP contribution in [0.5, 0.6) is 0 Å². The van der Waals surface area contributed by atoms with E-state index < -0.39 is 0 Å². The highest BCUT2D eigenvalue weighted by Gasteiger charge is 2.23. The van der Waals surface area contributed by atoms with E-state index in [-0.39, 0.29) is 11.9 Å². The van der Waals surface area contributed by atoms with Crippen LogP contribution in [0, 0.1) is 12.8 Å². The molecule has 22 heavy (non-hydrogen) atoms. The Bertz CT molecular complexity index is 635. The van der Waals surface area contributed by atoms with Crippen LogP contribution in [0.15, 0.2) is 48.8 Å². The molecule has 1 aliphatic rings. The molecule has 3 heteroatoms. The van der Waals surface area contributed by atoms with Gasteiger partial charge in [-0.2, -0.15) is 0 Å². The average molecular weight is 294 g/mol. The van der Waals surface area contributed by atoms with Crippen LogP contribution in [0.25, 0.3) is 0 Å². The van der Waals surface area contributed by atoms with Crippen LogP contribution in [0.2, 0.25) is 0 Å². The monoisotopic (exact) mass is 294 g/mol. The van der Waals surface area contributed by atoms with Crippen molar-refractivity contribution in [1.82, 2.24) is 10.3 Å². The van der Waals surface area contributed by atoms with Crippen LogP contribution in [0.1, 0.15) is 48.4 Å². The standard InChI is InChI=1S/C19H22N2O/c1-14-5-2-3-8-17(14)19(16-9-11-20-12-10-16)21-18(22)13-15-6-4-7-15/h2-3,5,8-12,15,19H,4,6-7,13H2,1H3,(H,21,22)/t19-/m0/s1. The number of carbonyl (C=O) groups is 1. The molecule has 1 heterocycles. The Balaban J connectivity index is 1.83. The van der Waals surface area contributed by atoms with E-state index in [4.69, 9.17) is 0 Å². The van der Waals surface area contributed by atoms with Crippen molar-refractivity contribution in [3.8, 4) is 0 Å². The van der Waals surface area contributed by atoms with Crippen LogP contribution < -0.4 is 5.32 Å². The summed E-state index contributed by atoms with van der Waals surface area (Å²) in [4.78, 5) is 16.5. The summed E-state index contributed by atoms with van der Waals surface area (Å²) in [6.45, 7) is 2.08. The van der Waals surface area contributed by atoms with Crippen LogP contribution in [0.3, 0.4) is 0 Å². The number of hydrogen-bond acceptors (Lipinski definition) is 2. The number of rotatable bonds is 5. The highest BCUT2D eigenvalue weighted by Crippen LogP contribution is 2.30. The molecule has 0 aliphatic heterocycles. The first-order valence-corrected chi connectivity index (χ1v) is 7.99. The lowest BCUT2D eigenvalue weighted by Crippen LogP contribution is -2.32. The van der Waals surface area contributed by atoms with Gasteiger partial charge in [0.2, 0.25) is 5.91 Å². The SMILES string of the molecule is Cc1ccccc1[C@@H](NC(=O)CC1CCC1)c1ccncc1. The predicted molar refractivity (Wildman–Crippen MR) is 87.4 cm³/mol. The maximum atomic E-state index is 12.4. The zero-order valence-electron chi connectivity index (χ0n) is 13.0. The van der Waals surface area contributed by atoms with Crippen LogP contribution in [-0.2, 0) is 4.79 Å². The maximum absolute atomic E-state index is 12.4. The molecule has 1 N–H and O–H groups in total. The minimum atomic E-state index is -0.100. The first kappa shape index (κ1) is 14.8. The minimum absolute atomic E-state index is 0.100. The van der Waals surface area contributed by atoms with Gasteiger partial charge in [0.25, 0.3) is 0 Å². The molecule has 3 rings (SSSR count). The fourth-order valence-electron chi connectivity index (χ4n) is 2.99. The number of pyridine rings is 1. The number of carbonyl (C=O) groups excluding carboxylic acids is 1. The van der Waals surface area contributed by atoms with E-state index in [0.717, 1.165) is 11.1 Å². The van der Waals surface area contributed by atoms with Gasteiger partial charge in [-0.05, 0) is 54.5 Å². The Kier molecular flexibility index (Phi) is 4.52. The topological polar surface area (TPSA) is 42.0 Å². The zero-order chi connectivity index (χ0) is 15.4. The summed E-state index contributed by atoms with van der Waals surface area (Å²) in [5.41, 5.74) is 3.41. The van der Waals surface area contributed by atoms with Gasteiger partial charge in [-0.25, -0.2) is 0 Å². The second kappa shape index (κ2) is 6.73. The Labute approximate surface area is 131 Å². The molecule has 3 nitrogen and oxygen atoms in total. The Morgan fingerprint density at radius 1 is 1.23 bits per heavy atom. The first-order valence-electron chi connectivity index (χ1n) is 7.99. The molecular formula is C19H22N2O. The number of aryl methyl sites for hydroxylation is 1. The summed E-state index contributed by atoms with van der Waals surface area (Å²) >= 11 is 0. The van der Waals surface area contributed by atoms with E-state index in [1.807, 2.05) is 24.3 Å². The van der Waals surface area contributed by atoms with E-state index >= 15 is 0 Å². The molecule has 0 spiro atoms. The Morgan fingerprint density at radius 2 is 1.95 bits per heavy atom. The van der Waals surface area contributed by atoms with Gasteiger partial charge in [-0.15, -0.1) is 0 Å². The number of nitrogens with one attached hydrogen (secondary N) is 1. The van der Waals surface area contributed by atoms with Crippen LogP contribution in [0.4, 0.5) is 0 Å². The van der Waals surface area contributed by atoms with Crippen molar-refractivity contribution in [2.24, 2.45) is 5.92 Å². The zero-order valence-corrected chi connectivity index (χ0v) is 13.0. The van der Waals surface area contributed by atoms with Crippen molar-refractivity contribution in [1.29, 1.82) is 0 Å². The maximum Gasteiger partial charge on any atom is 0.221 e. The Morgan fingerprint density at radius 3 is 2.59 bits per heavy atom. The second-order valence-corrected chi connectivity index (χ2v) is 6.14. The van der Waals surface area contributed by atoms with Gasteiger partial charge in [-0.1, -0.05) is 30.7 Å². The molecule has 114 valence electrons. The molecule has 1 aliphatic carbocycles. The third kappa shape index (κ3) is 3.35. The lowest BCUT2D eigenvalue weighted by Gasteiger charge is -2.27.